The van der Waals surface area contributed by atoms with Crippen LogP contribution in [0.3, 0.4) is 0 Å². The molecule has 0 atom stereocenters. The summed E-state index contributed by atoms with van der Waals surface area (Å²) < 4.78 is 1.99. The SMILES string of the molecule is CCc1nn(-c2cccc(C=Cc3ccc(Cl)cc3)c2)c(CC)c1C(=O)N1CCN(CC2CCN(C)CC2)CC1. The molecule has 0 spiro atoms. The molecule has 0 N–H and O–H groups in total. The summed E-state index contributed by atoms with van der Waals surface area (Å²) in [7, 11) is 2.22. The molecule has 0 unspecified atom stereocenters. The highest BCUT2D eigenvalue weighted by molar-refractivity contribution is 6.30. The number of aryl methyl sites for hydroxylation is 1. The summed E-state index contributed by atoms with van der Waals surface area (Å²) in [5.41, 5.74) is 5.84. The molecule has 2 aliphatic rings. The highest BCUT2D eigenvalue weighted by Gasteiger charge is 2.30. The van der Waals surface area contributed by atoms with Crippen LogP contribution in [-0.2, 0) is 12.8 Å². The first-order chi connectivity index (χ1) is 19.4. The van der Waals surface area contributed by atoms with Gasteiger partial charge in [-0.1, -0.05) is 61.9 Å². The van der Waals surface area contributed by atoms with Gasteiger partial charge in [0.05, 0.1) is 22.6 Å². The molecule has 5 rings (SSSR count). The van der Waals surface area contributed by atoms with Crippen LogP contribution >= 0.6 is 11.6 Å². The van der Waals surface area contributed by atoms with E-state index in [1.807, 2.05) is 28.9 Å². The van der Waals surface area contributed by atoms with Crippen LogP contribution in [0.5, 0.6) is 0 Å². The minimum Gasteiger partial charge on any atom is -0.336 e. The van der Waals surface area contributed by atoms with Crippen molar-refractivity contribution in [3.8, 4) is 5.69 Å². The van der Waals surface area contributed by atoms with Crippen LogP contribution < -0.4 is 0 Å². The number of carbonyl (C=O) groups is 1. The highest BCUT2D eigenvalue weighted by Crippen LogP contribution is 2.25. The van der Waals surface area contributed by atoms with Gasteiger partial charge in [-0.05, 0) is 87.1 Å². The number of hydrogen-bond acceptors (Lipinski definition) is 4. The van der Waals surface area contributed by atoms with E-state index in [2.05, 4.69) is 72.0 Å². The Kier molecular flexibility index (Phi) is 9.40. The van der Waals surface area contributed by atoms with Gasteiger partial charge in [0.2, 0.25) is 0 Å². The number of benzene rings is 2. The Morgan fingerprint density at radius 1 is 0.925 bits per heavy atom. The van der Waals surface area contributed by atoms with Crippen molar-refractivity contribution in [1.82, 2.24) is 24.5 Å². The standard InChI is InChI=1S/C33H42ClN5O/c1-4-30-32(33(40)38-21-19-37(20-22-38)24-27-15-17-36(3)18-16-27)31(5-2)39(35-30)29-8-6-7-26(23-29)10-9-25-11-13-28(34)14-12-25/h6-14,23,27H,4-5,15-22,24H2,1-3H3. The summed E-state index contributed by atoms with van der Waals surface area (Å²) in [5.74, 6) is 0.921. The first kappa shape index (κ1) is 28.6. The van der Waals surface area contributed by atoms with Crippen LogP contribution in [0, 0.1) is 5.92 Å². The number of piperidine rings is 1. The maximum absolute atomic E-state index is 13.9. The third-order valence-electron chi connectivity index (χ3n) is 8.40. The molecule has 0 aliphatic carbocycles. The summed E-state index contributed by atoms with van der Waals surface area (Å²) in [6, 6.07) is 16.1. The fourth-order valence-corrected chi connectivity index (χ4v) is 6.09. The van der Waals surface area contributed by atoms with Crippen molar-refractivity contribution in [3.63, 3.8) is 0 Å². The van der Waals surface area contributed by atoms with Gasteiger partial charge < -0.3 is 9.80 Å². The van der Waals surface area contributed by atoms with Gasteiger partial charge in [0.25, 0.3) is 5.91 Å². The Bertz CT molecular complexity index is 1320. The van der Waals surface area contributed by atoms with Crippen molar-refractivity contribution in [2.24, 2.45) is 5.92 Å². The quantitative estimate of drug-likeness (QED) is 0.321. The Morgan fingerprint density at radius 2 is 1.62 bits per heavy atom. The second-order valence-electron chi connectivity index (χ2n) is 11.2. The van der Waals surface area contributed by atoms with Crippen LogP contribution in [0.4, 0.5) is 0 Å². The van der Waals surface area contributed by atoms with Gasteiger partial charge in [-0.25, -0.2) is 4.68 Å². The summed E-state index contributed by atoms with van der Waals surface area (Å²) in [6.45, 7) is 11.3. The van der Waals surface area contributed by atoms with Gasteiger partial charge >= 0.3 is 0 Å². The smallest absolute Gasteiger partial charge is 0.257 e. The maximum Gasteiger partial charge on any atom is 0.257 e. The molecule has 2 aromatic carbocycles. The second kappa shape index (κ2) is 13.2. The number of rotatable bonds is 8. The molecule has 0 radical (unpaired) electrons. The number of aromatic nitrogens is 2. The molecule has 6 nitrogen and oxygen atoms in total. The number of hydrogen-bond donors (Lipinski definition) is 0. The Morgan fingerprint density at radius 3 is 2.30 bits per heavy atom. The minimum atomic E-state index is 0.137. The van der Waals surface area contributed by atoms with Gasteiger partial charge in [-0.3, -0.25) is 9.69 Å². The zero-order valence-corrected chi connectivity index (χ0v) is 24.9. The lowest BCUT2D eigenvalue weighted by Gasteiger charge is -2.38. The molecule has 7 heteroatoms. The van der Waals surface area contributed by atoms with Gasteiger partial charge in [0, 0.05) is 37.7 Å². The van der Waals surface area contributed by atoms with E-state index in [9.17, 15) is 4.79 Å². The lowest BCUT2D eigenvalue weighted by atomic mass is 9.96. The number of piperazine rings is 1. The summed E-state index contributed by atoms with van der Waals surface area (Å²) >= 11 is 6.03. The van der Waals surface area contributed by atoms with E-state index in [1.165, 1.54) is 25.9 Å². The van der Waals surface area contributed by atoms with E-state index >= 15 is 0 Å². The molecule has 1 aromatic heterocycles. The largest absolute Gasteiger partial charge is 0.336 e. The topological polar surface area (TPSA) is 44.6 Å². The average molecular weight is 560 g/mol. The summed E-state index contributed by atoms with van der Waals surface area (Å²) in [5, 5.41) is 5.70. The predicted octanol–water partition coefficient (Wildman–Crippen LogP) is 5.92. The van der Waals surface area contributed by atoms with Gasteiger partial charge in [-0.15, -0.1) is 0 Å². The second-order valence-corrected chi connectivity index (χ2v) is 11.6. The third-order valence-corrected chi connectivity index (χ3v) is 8.66. The molecule has 212 valence electrons. The van der Waals surface area contributed by atoms with E-state index in [0.717, 1.165) is 90.3 Å². The number of nitrogens with zero attached hydrogens (tertiary/aromatic N) is 5. The first-order valence-electron chi connectivity index (χ1n) is 14.8. The third kappa shape index (κ3) is 6.68. The van der Waals surface area contributed by atoms with Crippen LogP contribution in [0.2, 0.25) is 5.02 Å². The molecule has 2 fully saturated rings. The van der Waals surface area contributed by atoms with Crippen molar-refractivity contribution in [2.45, 2.75) is 39.5 Å². The van der Waals surface area contributed by atoms with E-state index in [-0.39, 0.29) is 5.91 Å². The number of carbonyl (C=O) groups excluding carboxylic acids is 1. The molecular weight excluding hydrogens is 518 g/mol. The van der Waals surface area contributed by atoms with E-state index in [1.54, 1.807) is 0 Å². The van der Waals surface area contributed by atoms with E-state index < -0.39 is 0 Å². The molecule has 1 amide bonds. The molecule has 0 saturated carbocycles. The van der Waals surface area contributed by atoms with Crippen molar-refractivity contribution >= 4 is 29.7 Å². The Hall–Kier alpha value is -2.93. The lowest BCUT2D eigenvalue weighted by molar-refractivity contribution is 0.0592. The lowest BCUT2D eigenvalue weighted by Crippen LogP contribution is -2.50. The highest BCUT2D eigenvalue weighted by atomic mass is 35.5. The van der Waals surface area contributed by atoms with Gasteiger partial charge in [0.1, 0.15) is 0 Å². The molecular formula is C33H42ClN5O. The maximum atomic E-state index is 13.9. The Labute approximate surface area is 244 Å². The summed E-state index contributed by atoms with van der Waals surface area (Å²) in [6.07, 6.45) is 8.22. The van der Waals surface area contributed by atoms with Crippen LogP contribution in [0.15, 0.2) is 48.5 Å². The molecule has 3 heterocycles. The van der Waals surface area contributed by atoms with E-state index in [0.29, 0.717) is 0 Å². The van der Waals surface area contributed by atoms with Gasteiger partial charge in [0.15, 0.2) is 0 Å². The van der Waals surface area contributed by atoms with E-state index in [4.69, 9.17) is 16.7 Å². The van der Waals surface area contributed by atoms with Crippen molar-refractivity contribution < 1.29 is 4.79 Å². The zero-order chi connectivity index (χ0) is 28.1. The van der Waals surface area contributed by atoms with Crippen molar-refractivity contribution in [2.75, 3.05) is 52.9 Å². The minimum absolute atomic E-state index is 0.137. The number of halogens is 1. The summed E-state index contributed by atoms with van der Waals surface area (Å²) in [4.78, 5) is 21.0. The van der Waals surface area contributed by atoms with Crippen molar-refractivity contribution in [3.05, 3.63) is 81.6 Å². The number of amides is 1. The normalized spacial score (nSPS) is 17.6. The molecule has 3 aromatic rings. The molecule has 0 bridgehead atoms. The monoisotopic (exact) mass is 559 g/mol. The van der Waals surface area contributed by atoms with Crippen LogP contribution in [0.25, 0.3) is 17.8 Å². The van der Waals surface area contributed by atoms with Gasteiger partial charge in [-0.2, -0.15) is 5.10 Å². The molecule has 2 aliphatic heterocycles. The van der Waals surface area contributed by atoms with Crippen molar-refractivity contribution in [1.29, 1.82) is 0 Å². The first-order valence-corrected chi connectivity index (χ1v) is 15.2. The average Bonchev–Trinajstić information content (AvgIpc) is 3.37. The van der Waals surface area contributed by atoms with Crippen LogP contribution in [0.1, 0.15) is 59.6 Å². The van der Waals surface area contributed by atoms with Crippen LogP contribution in [-0.4, -0.2) is 83.2 Å². The molecule has 2 saturated heterocycles. The fraction of sp³-hybridized carbons (Fsp3) is 0.455. The Balaban J connectivity index is 1.30. The number of likely N-dealkylation sites (tertiary alicyclic amines) is 1. The molecule has 40 heavy (non-hydrogen) atoms. The fourth-order valence-electron chi connectivity index (χ4n) is 5.97. The predicted molar refractivity (Wildman–Crippen MR) is 165 cm³/mol. The zero-order valence-electron chi connectivity index (χ0n) is 24.2.